The van der Waals surface area contributed by atoms with E-state index in [2.05, 4.69) is 17.0 Å². The van der Waals surface area contributed by atoms with Crippen LogP contribution in [0.4, 0.5) is 0 Å². The molecule has 2 aromatic rings. The van der Waals surface area contributed by atoms with E-state index in [0.717, 1.165) is 61.2 Å². The molecule has 27 heavy (non-hydrogen) atoms. The van der Waals surface area contributed by atoms with Crippen LogP contribution in [-0.2, 0) is 17.7 Å². The summed E-state index contributed by atoms with van der Waals surface area (Å²) in [5.74, 6) is 3.24. The van der Waals surface area contributed by atoms with Crippen molar-refractivity contribution >= 4 is 0 Å². The van der Waals surface area contributed by atoms with Crippen molar-refractivity contribution in [2.24, 2.45) is 0 Å². The Morgan fingerprint density at radius 1 is 1.07 bits per heavy atom. The molecule has 1 fully saturated rings. The van der Waals surface area contributed by atoms with E-state index < -0.39 is 0 Å². The second-order valence-electron chi connectivity index (χ2n) is 6.80. The molecule has 144 valence electrons. The SMILES string of the molecule is COc1cccc(C[C@@H]2CN(Cc3cc4c(cc3OC)OCO4)CCO2)c1. The van der Waals surface area contributed by atoms with Crippen LogP contribution in [0.25, 0.3) is 0 Å². The molecule has 2 heterocycles. The molecule has 2 aliphatic rings. The van der Waals surface area contributed by atoms with Gasteiger partial charge < -0.3 is 23.7 Å². The van der Waals surface area contributed by atoms with Crippen LogP contribution in [0, 0.1) is 0 Å². The normalized spacial score (nSPS) is 19.1. The zero-order valence-electron chi connectivity index (χ0n) is 15.8. The van der Waals surface area contributed by atoms with Gasteiger partial charge in [-0.2, -0.15) is 0 Å². The molecule has 0 amide bonds. The first-order valence-electron chi connectivity index (χ1n) is 9.18. The van der Waals surface area contributed by atoms with Crippen LogP contribution in [-0.4, -0.2) is 51.7 Å². The highest BCUT2D eigenvalue weighted by molar-refractivity contribution is 5.51. The summed E-state index contributed by atoms with van der Waals surface area (Å²) in [6, 6.07) is 12.1. The summed E-state index contributed by atoms with van der Waals surface area (Å²) in [5, 5.41) is 0. The highest BCUT2D eigenvalue weighted by Crippen LogP contribution is 2.38. The molecule has 4 rings (SSSR count). The molecule has 1 saturated heterocycles. The lowest BCUT2D eigenvalue weighted by Crippen LogP contribution is -2.42. The van der Waals surface area contributed by atoms with E-state index in [1.165, 1.54) is 5.56 Å². The average molecular weight is 371 g/mol. The van der Waals surface area contributed by atoms with Crippen molar-refractivity contribution in [2.75, 3.05) is 40.7 Å². The van der Waals surface area contributed by atoms with Crippen molar-refractivity contribution in [2.45, 2.75) is 19.1 Å². The van der Waals surface area contributed by atoms with E-state index in [4.69, 9.17) is 23.7 Å². The van der Waals surface area contributed by atoms with Gasteiger partial charge in [0.05, 0.1) is 26.9 Å². The van der Waals surface area contributed by atoms with E-state index in [9.17, 15) is 0 Å². The molecule has 2 aliphatic heterocycles. The predicted octanol–water partition coefficient (Wildman–Crippen LogP) is 2.88. The van der Waals surface area contributed by atoms with Gasteiger partial charge in [0.2, 0.25) is 6.79 Å². The molecule has 2 aromatic carbocycles. The summed E-state index contributed by atoms with van der Waals surface area (Å²) in [6.07, 6.45) is 1.03. The van der Waals surface area contributed by atoms with Gasteiger partial charge in [-0.3, -0.25) is 4.90 Å². The molecule has 0 N–H and O–H groups in total. The first-order valence-corrected chi connectivity index (χ1v) is 9.18. The fourth-order valence-electron chi connectivity index (χ4n) is 3.63. The second-order valence-corrected chi connectivity index (χ2v) is 6.80. The van der Waals surface area contributed by atoms with Crippen molar-refractivity contribution in [3.8, 4) is 23.0 Å². The third-order valence-electron chi connectivity index (χ3n) is 4.99. The van der Waals surface area contributed by atoms with Crippen LogP contribution in [0.15, 0.2) is 36.4 Å². The molecule has 0 bridgehead atoms. The number of rotatable bonds is 6. The number of ether oxygens (including phenoxy) is 5. The van der Waals surface area contributed by atoms with Crippen molar-refractivity contribution in [3.63, 3.8) is 0 Å². The Morgan fingerprint density at radius 2 is 1.93 bits per heavy atom. The molecule has 0 spiro atoms. The maximum Gasteiger partial charge on any atom is 0.231 e. The Bertz CT molecular complexity index is 794. The lowest BCUT2D eigenvalue weighted by molar-refractivity contribution is -0.0306. The smallest absolute Gasteiger partial charge is 0.231 e. The van der Waals surface area contributed by atoms with Crippen LogP contribution in [0.1, 0.15) is 11.1 Å². The van der Waals surface area contributed by atoms with Gasteiger partial charge in [-0.05, 0) is 23.8 Å². The predicted molar refractivity (Wildman–Crippen MR) is 101 cm³/mol. The van der Waals surface area contributed by atoms with Crippen LogP contribution in [0.3, 0.4) is 0 Å². The van der Waals surface area contributed by atoms with Gasteiger partial charge in [0.25, 0.3) is 0 Å². The fraction of sp³-hybridized carbons (Fsp3) is 0.429. The van der Waals surface area contributed by atoms with E-state index in [-0.39, 0.29) is 12.9 Å². The molecule has 1 atom stereocenters. The third-order valence-corrected chi connectivity index (χ3v) is 4.99. The minimum Gasteiger partial charge on any atom is -0.497 e. The van der Waals surface area contributed by atoms with E-state index >= 15 is 0 Å². The molecule has 0 aromatic heterocycles. The molecular formula is C21H25NO5. The maximum absolute atomic E-state index is 6.00. The van der Waals surface area contributed by atoms with Crippen molar-refractivity contribution in [1.29, 1.82) is 0 Å². The van der Waals surface area contributed by atoms with Gasteiger partial charge >= 0.3 is 0 Å². The summed E-state index contributed by atoms with van der Waals surface area (Å²) in [5.41, 5.74) is 2.32. The number of hydrogen-bond donors (Lipinski definition) is 0. The van der Waals surface area contributed by atoms with Gasteiger partial charge in [0.15, 0.2) is 11.5 Å². The molecule has 6 heteroatoms. The third kappa shape index (κ3) is 4.12. The molecule has 0 saturated carbocycles. The average Bonchev–Trinajstić information content (AvgIpc) is 3.15. The lowest BCUT2D eigenvalue weighted by Gasteiger charge is -2.33. The number of methoxy groups -OCH3 is 2. The van der Waals surface area contributed by atoms with E-state index in [0.29, 0.717) is 0 Å². The number of nitrogens with zero attached hydrogens (tertiary/aromatic N) is 1. The van der Waals surface area contributed by atoms with Crippen LogP contribution < -0.4 is 18.9 Å². The zero-order valence-corrected chi connectivity index (χ0v) is 15.8. The molecule has 0 unspecified atom stereocenters. The fourth-order valence-corrected chi connectivity index (χ4v) is 3.63. The quantitative estimate of drug-likeness (QED) is 0.778. The number of hydrogen-bond acceptors (Lipinski definition) is 6. The summed E-state index contributed by atoms with van der Waals surface area (Å²) in [7, 11) is 3.38. The van der Waals surface area contributed by atoms with Crippen molar-refractivity contribution in [1.82, 2.24) is 4.90 Å². The standard InChI is InChI=1S/C21H25NO5/c1-23-17-5-3-4-15(8-17)9-18-13-22(6-7-25-18)12-16-10-20-21(27-14-26-20)11-19(16)24-2/h3-5,8,10-11,18H,6-7,9,12-14H2,1-2H3/t18-/m1/s1. The maximum atomic E-state index is 6.00. The van der Waals surface area contributed by atoms with Gasteiger partial charge in [-0.25, -0.2) is 0 Å². The van der Waals surface area contributed by atoms with Gasteiger partial charge in [0, 0.05) is 37.7 Å². The Labute approximate surface area is 159 Å². The van der Waals surface area contributed by atoms with E-state index in [1.54, 1.807) is 14.2 Å². The largest absolute Gasteiger partial charge is 0.497 e. The van der Waals surface area contributed by atoms with Crippen molar-refractivity contribution in [3.05, 3.63) is 47.5 Å². The number of benzene rings is 2. The molecular weight excluding hydrogens is 346 g/mol. The lowest BCUT2D eigenvalue weighted by atomic mass is 10.1. The molecule has 6 nitrogen and oxygen atoms in total. The van der Waals surface area contributed by atoms with Crippen LogP contribution in [0.5, 0.6) is 23.0 Å². The Kier molecular flexibility index (Phi) is 5.36. The summed E-state index contributed by atoms with van der Waals surface area (Å²) in [6.45, 7) is 3.54. The number of fused-ring (bicyclic) bond motifs is 1. The minimum atomic E-state index is 0.158. The Balaban J connectivity index is 1.43. The summed E-state index contributed by atoms with van der Waals surface area (Å²) >= 11 is 0. The Hall–Kier alpha value is -2.44. The van der Waals surface area contributed by atoms with Crippen LogP contribution in [0.2, 0.25) is 0 Å². The molecule has 0 radical (unpaired) electrons. The minimum absolute atomic E-state index is 0.158. The van der Waals surface area contributed by atoms with Gasteiger partial charge in [-0.15, -0.1) is 0 Å². The van der Waals surface area contributed by atoms with Crippen molar-refractivity contribution < 1.29 is 23.7 Å². The zero-order chi connectivity index (χ0) is 18.6. The van der Waals surface area contributed by atoms with Gasteiger partial charge in [-0.1, -0.05) is 12.1 Å². The Morgan fingerprint density at radius 3 is 2.74 bits per heavy atom. The van der Waals surface area contributed by atoms with E-state index in [1.807, 2.05) is 24.3 Å². The molecule has 0 aliphatic carbocycles. The summed E-state index contributed by atoms with van der Waals surface area (Å²) in [4.78, 5) is 2.40. The monoisotopic (exact) mass is 371 g/mol. The first kappa shape index (κ1) is 17.9. The number of morpholine rings is 1. The first-order chi connectivity index (χ1) is 13.2. The van der Waals surface area contributed by atoms with Crippen LogP contribution >= 0.6 is 0 Å². The van der Waals surface area contributed by atoms with Gasteiger partial charge in [0.1, 0.15) is 11.5 Å². The summed E-state index contributed by atoms with van der Waals surface area (Å²) < 4.78 is 27.8. The highest BCUT2D eigenvalue weighted by atomic mass is 16.7. The topological polar surface area (TPSA) is 49.4 Å². The second kappa shape index (κ2) is 8.06. The highest BCUT2D eigenvalue weighted by Gasteiger charge is 2.24.